The van der Waals surface area contributed by atoms with Crippen LogP contribution in [0.5, 0.6) is 0 Å². The van der Waals surface area contributed by atoms with Crippen LogP contribution in [-0.4, -0.2) is 59.4 Å². The van der Waals surface area contributed by atoms with Crippen LogP contribution >= 0.6 is 11.3 Å². The van der Waals surface area contributed by atoms with Gasteiger partial charge >= 0.3 is 0 Å². The molecular formula is C16H25N3O3S2. The Balaban J connectivity index is 1.64. The van der Waals surface area contributed by atoms with E-state index in [1.807, 2.05) is 11.8 Å². The zero-order chi connectivity index (χ0) is 17.3. The Labute approximate surface area is 147 Å². The molecule has 1 saturated heterocycles. The summed E-state index contributed by atoms with van der Waals surface area (Å²) in [5.41, 5.74) is 2.68. The van der Waals surface area contributed by atoms with E-state index in [-0.39, 0.29) is 17.7 Å². The molecule has 0 aromatic carbocycles. The zero-order valence-corrected chi connectivity index (χ0v) is 15.9. The van der Waals surface area contributed by atoms with Gasteiger partial charge in [0.15, 0.2) is 0 Å². The molecule has 1 aliphatic carbocycles. The van der Waals surface area contributed by atoms with Crippen LogP contribution in [-0.2, 0) is 21.2 Å². The number of thiazole rings is 1. The standard InChI is InChI=1S/C16H25N3O3S2/c1-12-16(23-11-17-12)7-9-24(21,22)19-8-3-4-15(19)10-18(13(2)20)14-5-6-14/h11,14-15H,3-10H2,1-2H3. The summed E-state index contributed by atoms with van der Waals surface area (Å²) in [6, 6.07) is 0.259. The van der Waals surface area contributed by atoms with Crippen molar-refractivity contribution in [2.24, 2.45) is 0 Å². The highest BCUT2D eigenvalue weighted by Crippen LogP contribution is 2.30. The Hall–Kier alpha value is -0.990. The quantitative estimate of drug-likeness (QED) is 0.733. The number of carbonyl (C=O) groups excluding carboxylic acids is 1. The maximum atomic E-state index is 12.8. The predicted octanol–water partition coefficient (Wildman–Crippen LogP) is 1.80. The lowest BCUT2D eigenvalue weighted by Crippen LogP contribution is -2.46. The number of rotatable bonds is 7. The smallest absolute Gasteiger partial charge is 0.219 e. The summed E-state index contributed by atoms with van der Waals surface area (Å²) < 4.78 is 27.2. The molecule has 134 valence electrons. The average molecular weight is 372 g/mol. The molecule has 1 aromatic heterocycles. The van der Waals surface area contributed by atoms with Crippen molar-refractivity contribution >= 4 is 27.3 Å². The minimum absolute atomic E-state index is 0.0574. The zero-order valence-electron chi connectivity index (χ0n) is 14.3. The molecule has 8 heteroatoms. The summed E-state index contributed by atoms with van der Waals surface area (Å²) in [7, 11) is -3.30. The minimum Gasteiger partial charge on any atom is -0.338 e. The van der Waals surface area contributed by atoms with Crippen LogP contribution < -0.4 is 0 Å². The maximum Gasteiger partial charge on any atom is 0.219 e. The van der Waals surface area contributed by atoms with E-state index in [0.29, 0.717) is 25.6 Å². The molecule has 0 radical (unpaired) electrons. The molecule has 1 amide bonds. The van der Waals surface area contributed by atoms with Gasteiger partial charge in [0.05, 0.1) is 17.0 Å². The lowest BCUT2D eigenvalue weighted by molar-refractivity contribution is -0.129. The fourth-order valence-corrected chi connectivity index (χ4v) is 6.05. The highest BCUT2D eigenvalue weighted by Gasteiger charge is 2.39. The summed E-state index contributed by atoms with van der Waals surface area (Å²) >= 11 is 1.51. The van der Waals surface area contributed by atoms with Gasteiger partial charge in [0.25, 0.3) is 0 Å². The number of hydrogen-bond acceptors (Lipinski definition) is 5. The van der Waals surface area contributed by atoms with Crippen LogP contribution in [0.15, 0.2) is 5.51 Å². The lowest BCUT2D eigenvalue weighted by atomic mass is 10.2. The molecule has 0 bridgehead atoms. The molecule has 6 nitrogen and oxygen atoms in total. The van der Waals surface area contributed by atoms with Crippen LogP contribution in [0.1, 0.15) is 43.2 Å². The first kappa shape index (κ1) is 17.8. The minimum atomic E-state index is -3.30. The van der Waals surface area contributed by atoms with Gasteiger partial charge in [-0.2, -0.15) is 4.31 Å². The molecule has 3 rings (SSSR count). The molecule has 1 aromatic rings. The average Bonchev–Trinajstić information content (AvgIpc) is 3.09. The van der Waals surface area contributed by atoms with E-state index in [4.69, 9.17) is 0 Å². The van der Waals surface area contributed by atoms with Gasteiger partial charge in [-0.15, -0.1) is 11.3 Å². The van der Waals surface area contributed by atoms with E-state index in [9.17, 15) is 13.2 Å². The molecule has 0 N–H and O–H groups in total. The molecule has 24 heavy (non-hydrogen) atoms. The molecule has 2 aliphatic rings. The molecular weight excluding hydrogens is 346 g/mol. The topological polar surface area (TPSA) is 70.6 Å². The normalized spacial score (nSPS) is 22.0. The van der Waals surface area contributed by atoms with Crippen LogP contribution in [0.3, 0.4) is 0 Å². The number of sulfonamides is 1. The van der Waals surface area contributed by atoms with Crippen molar-refractivity contribution in [3.05, 3.63) is 16.1 Å². The SMILES string of the molecule is CC(=O)N(CC1CCCN1S(=O)(=O)CCc1scnc1C)C1CC1. The summed E-state index contributed by atoms with van der Waals surface area (Å²) in [5, 5.41) is 0. The Bertz CT molecular complexity index is 697. The Morgan fingerprint density at radius 2 is 2.17 bits per heavy atom. The van der Waals surface area contributed by atoms with Crippen molar-refractivity contribution in [1.29, 1.82) is 0 Å². The van der Waals surface area contributed by atoms with Crippen molar-refractivity contribution in [2.45, 2.75) is 58.0 Å². The molecule has 2 heterocycles. The third kappa shape index (κ3) is 3.97. The number of aryl methyl sites for hydroxylation is 2. The first-order valence-corrected chi connectivity index (χ1v) is 11.0. The fourth-order valence-electron chi connectivity index (χ4n) is 3.41. The highest BCUT2D eigenvalue weighted by molar-refractivity contribution is 7.89. The predicted molar refractivity (Wildman–Crippen MR) is 94.5 cm³/mol. The first-order chi connectivity index (χ1) is 11.4. The summed E-state index contributed by atoms with van der Waals surface area (Å²) in [5.74, 6) is 0.179. The van der Waals surface area contributed by atoms with E-state index in [1.165, 1.54) is 11.3 Å². The lowest BCUT2D eigenvalue weighted by Gasteiger charge is -2.30. The Morgan fingerprint density at radius 1 is 1.42 bits per heavy atom. The fraction of sp³-hybridized carbons (Fsp3) is 0.750. The van der Waals surface area contributed by atoms with Gasteiger partial charge in [-0.1, -0.05) is 0 Å². The number of aromatic nitrogens is 1. The number of nitrogens with zero attached hydrogens (tertiary/aromatic N) is 3. The summed E-state index contributed by atoms with van der Waals surface area (Å²) in [4.78, 5) is 18.9. The number of hydrogen-bond donors (Lipinski definition) is 0. The van der Waals surface area contributed by atoms with Gasteiger partial charge in [0.2, 0.25) is 15.9 Å². The van der Waals surface area contributed by atoms with Gasteiger partial charge in [0.1, 0.15) is 0 Å². The third-order valence-electron chi connectivity index (χ3n) is 4.91. The summed E-state index contributed by atoms with van der Waals surface area (Å²) in [6.45, 7) is 4.61. The Morgan fingerprint density at radius 3 is 2.75 bits per heavy atom. The monoisotopic (exact) mass is 371 g/mol. The van der Waals surface area contributed by atoms with Crippen molar-refractivity contribution < 1.29 is 13.2 Å². The van der Waals surface area contributed by atoms with E-state index in [0.717, 1.165) is 36.3 Å². The highest BCUT2D eigenvalue weighted by atomic mass is 32.2. The van der Waals surface area contributed by atoms with E-state index < -0.39 is 10.0 Å². The molecule has 1 atom stereocenters. The number of carbonyl (C=O) groups is 1. The summed E-state index contributed by atoms with van der Waals surface area (Å²) in [6.07, 6.45) is 4.32. The molecule has 2 fully saturated rings. The van der Waals surface area contributed by atoms with Crippen LogP contribution in [0.2, 0.25) is 0 Å². The van der Waals surface area contributed by atoms with Gasteiger partial charge < -0.3 is 4.90 Å². The van der Waals surface area contributed by atoms with Crippen molar-refractivity contribution in [1.82, 2.24) is 14.2 Å². The molecule has 1 aliphatic heterocycles. The Kier molecular flexibility index (Phi) is 5.27. The van der Waals surface area contributed by atoms with E-state index in [2.05, 4.69) is 4.98 Å². The van der Waals surface area contributed by atoms with Gasteiger partial charge in [-0.25, -0.2) is 13.4 Å². The second kappa shape index (κ2) is 7.09. The second-order valence-corrected chi connectivity index (χ2v) is 9.72. The van der Waals surface area contributed by atoms with E-state index >= 15 is 0 Å². The molecule has 1 saturated carbocycles. The van der Waals surface area contributed by atoms with Crippen LogP contribution in [0.4, 0.5) is 0 Å². The largest absolute Gasteiger partial charge is 0.338 e. The molecule has 0 spiro atoms. The molecule has 1 unspecified atom stereocenters. The van der Waals surface area contributed by atoms with Gasteiger partial charge in [0, 0.05) is 37.0 Å². The third-order valence-corrected chi connectivity index (χ3v) is 7.82. The van der Waals surface area contributed by atoms with Crippen molar-refractivity contribution in [2.75, 3.05) is 18.8 Å². The number of amides is 1. The van der Waals surface area contributed by atoms with Crippen molar-refractivity contribution in [3.63, 3.8) is 0 Å². The van der Waals surface area contributed by atoms with Crippen molar-refractivity contribution in [3.8, 4) is 0 Å². The first-order valence-electron chi connectivity index (χ1n) is 8.54. The van der Waals surface area contributed by atoms with Crippen LogP contribution in [0, 0.1) is 6.92 Å². The van der Waals surface area contributed by atoms with Crippen LogP contribution in [0.25, 0.3) is 0 Å². The van der Waals surface area contributed by atoms with E-state index in [1.54, 1.807) is 16.7 Å². The second-order valence-electron chi connectivity index (χ2n) is 6.74. The van der Waals surface area contributed by atoms with Gasteiger partial charge in [-0.05, 0) is 39.0 Å². The van der Waals surface area contributed by atoms with Gasteiger partial charge in [-0.3, -0.25) is 4.79 Å². The maximum absolute atomic E-state index is 12.8.